The molecule has 4 unspecified atom stereocenters. The summed E-state index contributed by atoms with van der Waals surface area (Å²) in [6.45, 7) is 4.93. The molecule has 36 heavy (non-hydrogen) atoms. The van der Waals surface area contributed by atoms with Crippen molar-refractivity contribution in [2.75, 3.05) is 58.6 Å². The second-order valence-corrected chi connectivity index (χ2v) is 9.28. The number of rotatable bonds is 1. The smallest absolute Gasteiger partial charge is 0.269 e. The number of benzene rings is 1. The van der Waals surface area contributed by atoms with Crippen molar-refractivity contribution in [3.8, 4) is 0 Å². The number of nitrogen functional groups attached to an aromatic ring is 1. The molecule has 0 bridgehead atoms. The van der Waals surface area contributed by atoms with Gasteiger partial charge in [0.2, 0.25) is 0 Å². The summed E-state index contributed by atoms with van der Waals surface area (Å²) >= 11 is 0. The van der Waals surface area contributed by atoms with Gasteiger partial charge in [0.1, 0.15) is 0 Å². The quantitative estimate of drug-likeness (QED) is 0.340. The molecule has 1 heterocycles. The molecule has 3 aliphatic rings. The van der Waals surface area contributed by atoms with E-state index in [1.54, 1.807) is 0 Å². The topological polar surface area (TPSA) is 125 Å². The molecule has 1 aromatic carbocycles. The number of fused-ring (bicyclic) bond motifs is 2. The van der Waals surface area contributed by atoms with Crippen LogP contribution >= 0.6 is 0 Å². The van der Waals surface area contributed by atoms with Gasteiger partial charge in [-0.15, -0.1) is 0 Å². The zero-order chi connectivity index (χ0) is 25.4. The van der Waals surface area contributed by atoms with Gasteiger partial charge in [-0.05, 0) is 37.8 Å². The molecule has 1 saturated heterocycles. The average molecular weight is 511 g/mol. The summed E-state index contributed by atoms with van der Waals surface area (Å²) in [5, 5.41) is 10.1. The standard InChI is InChI=1S/C20H36O6.C6H6N2O2/c1-2-6-18-17(5-1)23-13-9-21-11-15-25-19-7-3-4-8-20(19)26-16-12-22-10-14-24-18;7-5-1-3-6(4-2-5)8(9)10/h17-20H,1-16H2;1-4H,7H2. The molecule has 0 amide bonds. The normalized spacial score (nSPS) is 29.2. The maximum atomic E-state index is 10.1. The van der Waals surface area contributed by atoms with E-state index in [1.165, 1.54) is 49.9 Å². The van der Waals surface area contributed by atoms with Gasteiger partial charge in [-0.1, -0.05) is 25.7 Å². The van der Waals surface area contributed by atoms with E-state index in [9.17, 15) is 10.1 Å². The lowest BCUT2D eigenvalue weighted by Crippen LogP contribution is -2.37. The molecule has 0 spiro atoms. The van der Waals surface area contributed by atoms with Crippen molar-refractivity contribution in [1.82, 2.24) is 0 Å². The number of nitro benzene ring substituents is 1. The monoisotopic (exact) mass is 510 g/mol. The second-order valence-electron chi connectivity index (χ2n) is 9.28. The second kappa shape index (κ2) is 16.8. The Labute approximate surface area is 213 Å². The highest BCUT2D eigenvalue weighted by atomic mass is 16.6. The number of hydrogen-bond acceptors (Lipinski definition) is 9. The van der Waals surface area contributed by atoms with Crippen LogP contribution < -0.4 is 5.73 Å². The van der Waals surface area contributed by atoms with E-state index in [2.05, 4.69) is 0 Å². The summed E-state index contributed by atoms with van der Waals surface area (Å²) in [5.41, 5.74) is 5.90. The maximum absolute atomic E-state index is 10.1. The SMILES string of the molecule is C1CCC2OCCOCCOC3CCCCC3OCCOCCOC2C1.Nc1ccc([N+](=O)[O-])cc1. The van der Waals surface area contributed by atoms with E-state index < -0.39 is 4.92 Å². The van der Waals surface area contributed by atoms with Crippen molar-refractivity contribution in [3.05, 3.63) is 34.4 Å². The van der Waals surface area contributed by atoms with Crippen LogP contribution in [0.15, 0.2) is 24.3 Å². The Balaban J connectivity index is 0.000000303. The summed E-state index contributed by atoms with van der Waals surface area (Å²) in [6.07, 6.45) is 9.93. The Kier molecular flexibility index (Phi) is 13.4. The van der Waals surface area contributed by atoms with Crippen LogP contribution in [-0.4, -0.2) is 82.2 Å². The first-order valence-electron chi connectivity index (χ1n) is 13.3. The Morgan fingerprint density at radius 2 is 0.944 bits per heavy atom. The first-order valence-corrected chi connectivity index (χ1v) is 13.3. The molecule has 1 aliphatic heterocycles. The lowest BCUT2D eigenvalue weighted by molar-refractivity contribution is -0.384. The predicted octanol–water partition coefficient (Wildman–Crippen LogP) is 3.90. The van der Waals surface area contributed by atoms with Crippen LogP contribution in [0.3, 0.4) is 0 Å². The fraction of sp³-hybridized carbons (Fsp3) is 0.769. The molecule has 2 aliphatic carbocycles. The predicted molar refractivity (Wildman–Crippen MR) is 135 cm³/mol. The van der Waals surface area contributed by atoms with Crippen molar-refractivity contribution in [2.24, 2.45) is 0 Å². The van der Waals surface area contributed by atoms with Crippen LogP contribution in [0.1, 0.15) is 51.4 Å². The first kappa shape index (κ1) is 28.7. The van der Waals surface area contributed by atoms with Crippen LogP contribution in [0.4, 0.5) is 11.4 Å². The zero-order valence-electron chi connectivity index (χ0n) is 21.2. The number of nitrogens with two attached hydrogens (primary N) is 1. The van der Waals surface area contributed by atoms with Crippen molar-refractivity contribution in [2.45, 2.75) is 75.8 Å². The fourth-order valence-electron chi connectivity index (χ4n) is 4.72. The molecular weight excluding hydrogens is 468 g/mol. The van der Waals surface area contributed by atoms with Gasteiger partial charge >= 0.3 is 0 Å². The Hall–Kier alpha value is -1.82. The molecular formula is C26H42N2O8. The van der Waals surface area contributed by atoms with Crippen molar-refractivity contribution in [3.63, 3.8) is 0 Å². The van der Waals surface area contributed by atoms with Crippen LogP contribution in [0.25, 0.3) is 0 Å². The van der Waals surface area contributed by atoms with Gasteiger partial charge in [0, 0.05) is 17.8 Å². The third-order valence-corrected chi connectivity index (χ3v) is 6.63. The average Bonchev–Trinajstić information content (AvgIpc) is 2.89. The fourth-order valence-corrected chi connectivity index (χ4v) is 4.72. The van der Waals surface area contributed by atoms with E-state index in [1.807, 2.05) is 0 Å². The van der Waals surface area contributed by atoms with Gasteiger partial charge in [-0.25, -0.2) is 0 Å². The first-order chi connectivity index (χ1) is 17.6. The molecule has 1 aromatic rings. The number of non-ortho nitro benzene ring substituents is 1. The molecule has 0 radical (unpaired) electrons. The minimum Gasteiger partial charge on any atom is -0.399 e. The van der Waals surface area contributed by atoms with E-state index in [-0.39, 0.29) is 30.1 Å². The summed E-state index contributed by atoms with van der Waals surface area (Å²) in [7, 11) is 0. The molecule has 10 nitrogen and oxygen atoms in total. The summed E-state index contributed by atoms with van der Waals surface area (Å²) in [5.74, 6) is 0. The van der Waals surface area contributed by atoms with E-state index in [0.29, 0.717) is 58.5 Å². The highest BCUT2D eigenvalue weighted by Gasteiger charge is 2.27. The van der Waals surface area contributed by atoms with Gasteiger partial charge in [0.25, 0.3) is 5.69 Å². The van der Waals surface area contributed by atoms with Gasteiger partial charge < -0.3 is 34.2 Å². The van der Waals surface area contributed by atoms with Crippen LogP contribution in [-0.2, 0) is 28.4 Å². The largest absolute Gasteiger partial charge is 0.399 e. The maximum Gasteiger partial charge on any atom is 0.269 e. The number of ether oxygens (including phenoxy) is 6. The van der Waals surface area contributed by atoms with Crippen molar-refractivity contribution < 1.29 is 33.3 Å². The van der Waals surface area contributed by atoms with Crippen LogP contribution in [0, 0.1) is 10.1 Å². The van der Waals surface area contributed by atoms with E-state index in [0.717, 1.165) is 25.7 Å². The summed E-state index contributed by atoms with van der Waals surface area (Å²) < 4.78 is 35.5. The molecule has 4 atom stereocenters. The number of nitrogens with zero attached hydrogens (tertiary/aromatic N) is 1. The molecule has 4 rings (SSSR count). The Bertz CT molecular complexity index is 669. The van der Waals surface area contributed by atoms with Gasteiger partial charge in [0.05, 0.1) is 82.2 Å². The van der Waals surface area contributed by atoms with Gasteiger partial charge in [-0.2, -0.15) is 0 Å². The lowest BCUT2D eigenvalue weighted by atomic mass is 9.94. The minimum atomic E-state index is -0.459. The lowest BCUT2D eigenvalue weighted by Gasteiger charge is -2.32. The molecule has 204 valence electrons. The third-order valence-electron chi connectivity index (χ3n) is 6.63. The van der Waals surface area contributed by atoms with Gasteiger partial charge in [0.15, 0.2) is 0 Å². The Morgan fingerprint density at radius 3 is 1.25 bits per heavy atom. The highest BCUT2D eigenvalue weighted by molar-refractivity contribution is 5.44. The number of anilines is 1. The Morgan fingerprint density at radius 1 is 0.611 bits per heavy atom. The molecule has 3 fully saturated rings. The zero-order valence-corrected chi connectivity index (χ0v) is 21.2. The third kappa shape index (κ3) is 10.7. The molecule has 2 saturated carbocycles. The minimum absolute atomic E-state index is 0.0641. The van der Waals surface area contributed by atoms with Crippen LogP contribution in [0.2, 0.25) is 0 Å². The number of hydrogen-bond donors (Lipinski definition) is 1. The van der Waals surface area contributed by atoms with E-state index in [4.69, 9.17) is 34.2 Å². The van der Waals surface area contributed by atoms with Crippen molar-refractivity contribution >= 4 is 11.4 Å². The molecule has 0 aromatic heterocycles. The van der Waals surface area contributed by atoms with Gasteiger partial charge in [-0.3, -0.25) is 10.1 Å². The summed E-state index contributed by atoms with van der Waals surface area (Å²) in [6, 6.07) is 5.74. The van der Waals surface area contributed by atoms with Crippen molar-refractivity contribution in [1.29, 1.82) is 0 Å². The van der Waals surface area contributed by atoms with Crippen LogP contribution in [0.5, 0.6) is 0 Å². The highest BCUT2D eigenvalue weighted by Crippen LogP contribution is 2.25. The number of nitro groups is 1. The molecule has 2 N–H and O–H groups in total. The van der Waals surface area contributed by atoms with E-state index >= 15 is 0 Å². The molecule has 10 heteroatoms. The summed E-state index contributed by atoms with van der Waals surface area (Å²) in [4.78, 5) is 9.62.